The number of carboxylic acids is 1. The van der Waals surface area contributed by atoms with E-state index in [4.69, 9.17) is 5.11 Å². The van der Waals surface area contributed by atoms with Crippen molar-refractivity contribution in [2.45, 2.75) is 18.6 Å². The highest BCUT2D eigenvalue weighted by Crippen LogP contribution is 2.28. The van der Waals surface area contributed by atoms with Crippen molar-refractivity contribution >= 4 is 40.1 Å². The van der Waals surface area contributed by atoms with Crippen molar-refractivity contribution in [1.82, 2.24) is 9.55 Å². The maximum atomic E-state index is 10.8. The Labute approximate surface area is 130 Å². The SMILES string of the molecule is Cc1cccc2nc(SCC(=O)O)n(Cc3cccs3)c12. The Morgan fingerprint density at radius 1 is 1.38 bits per heavy atom. The first-order valence-corrected chi connectivity index (χ1v) is 8.34. The number of rotatable bonds is 5. The lowest BCUT2D eigenvalue weighted by atomic mass is 10.2. The molecule has 3 aromatic rings. The van der Waals surface area contributed by atoms with Crippen LogP contribution in [0.3, 0.4) is 0 Å². The third-order valence-corrected chi connectivity index (χ3v) is 4.97. The summed E-state index contributed by atoms with van der Waals surface area (Å²) < 4.78 is 2.12. The third kappa shape index (κ3) is 2.96. The van der Waals surface area contributed by atoms with E-state index in [0.717, 1.165) is 28.3 Å². The number of aliphatic carboxylic acids is 1. The normalized spacial score (nSPS) is 11.1. The monoisotopic (exact) mass is 318 g/mol. The molecule has 6 heteroatoms. The number of carbonyl (C=O) groups is 1. The molecule has 1 aromatic carbocycles. The van der Waals surface area contributed by atoms with Crippen LogP contribution in [0.2, 0.25) is 0 Å². The van der Waals surface area contributed by atoms with Crippen LogP contribution in [0.25, 0.3) is 11.0 Å². The van der Waals surface area contributed by atoms with Gasteiger partial charge in [-0.3, -0.25) is 4.79 Å². The molecule has 0 saturated carbocycles. The summed E-state index contributed by atoms with van der Waals surface area (Å²) in [6, 6.07) is 10.1. The second-order valence-electron chi connectivity index (χ2n) is 4.68. The quantitative estimate of drug-likeness (QED) is 0.730. The first-order chi connectivity index (χ1) is 10.1. The van der Waals surface area contributed by atoms with E-state index in [0.29, 0.717) is 0 Å². The number of hydrogen-bond donors (Lipinski definition) is 1. The van der Waals surface area contributed by atoms with E-state index in [1.165, 1.54) is 16.6 Å². The summed E-state index contributed by atoms with van der Waals surface area (Å²) >= 11 is 2.96. The van der Waals surface area contributed by atoms with Gasteiger partial charge in [0.25, 0.3) is 0 Å². The van der Waals surface area contributed by atoms with Crippen LogP contribution in [0.4, 0.5) is 0 Å². The number of nitrogens with zero attached hydrogens (tertiary/aromatic N) is 2. The van der Waals surface area contributed by atoms with Gasteiger partial charge in [0.1, 0.15) is 0 Å². The highest BCUT2D eigenvalue weighted by molar-refractivity contribution is 7.99. The molecule has 4 nitrogen and oxygen atoms in total. The first-order valence-electron chi connectivity index (χ1n) is 6.48. The standard InChI is InChI=1S/C15H14N2O2S2/c1-10-4-2-6-12-14(10)17(8-11-5-3-7-20-11)15(16-12)21-9-13(18)19/h2-7H,8-9H2,1H3,(H,18,19). The molecule has 0 aliphatic rings. The van der Waals surface area contributed by atoms with Gasteiger partial charge in [-0.2, -0.15) is 0 Å². The number of imidazole rings is 1. The molecule has 0 saturated heterocycles. The molecule has 0 radical (unpaired) electrons. The molecule has 0 fully saturated rings. The van der Waals surface area contributed by atoms with Gasteiger partial charge in [-0.1, -0.05) is 30.0 Å². The summed E-state index contributed by atoms with van der Waals surface area (Å²) in [6.07, 6.45) is 0. The summed E-state index contributed by atoms with van der Waals surface area (Å²) in [7, 11) is 0. The van der Waals surface area contributed by atoms with E-state index in [-0.39, 0.29) is 5.75 Å². The minimum absolute atomic E-state index is 0.0206. The zero-order valence-corrected chi connectivity index (χ0v) is 13.1. The van der Waals surface area contributed by atoms with Crippen LogP contribution in [0.5, 0.6) is 0 Å². The van der Waals surface area contributed by atoms with Crippen LogP contribution in [0.15, 0.2) is 40.9 Å². The van der Waals surface area contributed by atoms with Crippen molar-refractivity contribution in [3.63, 3.8) is 0 Å². The summed E-state index contributed by atoms with van der Waals surface area (Å²) in [5, 5.41) is 11.7. The van der Waals surface area contributed by atoms with Crippen molar-refractivity contribution in [2.75, 3.05) is 5.75 Å². The Balaban J connectivity index is 2.07. The molecule has 0 atom stereocenters. The lowest BCUT2D eigenvalue weighted by molar-refractivity contribution is -0.133. The Bertz CT molecular complexity index is 778. The number of thioether (sulfide) groups is 1. The van der Waals surface area contributed by atoms with Gasteiger partial charge in [0.2, 0.25) is 0 Å². The average molecular weight is 318 g/mol. The minimum atomic E-state index is -0.827. The maximum Gasteiger partial charge on any atom is 0.313 e. The van der Waals surface area contributed by atoms with Gasteiger partial charge in [0.15, 0.2) is 5.16 Å². The zero-order valence-electron chi connectivity index (χ0n) is 11.4. The summed E-state index contributed by atoms with van der Waals surface area (Å²) in [4.78, 5) is 16.7. The van der Waals surface area contributed by atoms with Crippen molar-refractivity contribution in [3.05, 3.63) is 46.2 Å². The van der Waals surface area contributed by atoms with Gasteiger partial charge in [0, 0.05) is 4.88 Å². The molecule has 0 aliphatic carbocycles. The molecule has 21 heavy (non-hydrogen) atoms. The number of aromatic nitrogens is 2. The number of para-hydroxylation sites is 1. The van der Waals surface area contributed by atoms with Crippen molar-refractivity contribution < 1.29 is 9.90 Å². The second kappa shape index (κ2) is 5.91. The Morgan fingerprint density at radius 3 is 2.95 bits per heavy atom. The van der Waals surface area contributed by atoms with Gasteiger partial charge in [-0.05, 0) is 30.0 Å². The fourth-order valence-electron chi connectivity index (χ4n) is 2.29. The number of carboxylic acid groups (broad SMARTS) is 1. The van der Waals surface area contributed by atoms with Gasteiger partial charge in [-0.15, -0.1) is 11.3 Å². The fraction of sp³-hybridized carbons (Fsp3) is 0.200. The Morgan fingerprint density at radius 2 is 2.24 bits per heavy atom. The molecule has 0 aliphatic heterocycles. The molecule has 0 amide bonds. The molecular formula is C15H14N2O2S2. The number of hydrogen-bond acceptors (Lipinski definition) is 4. The first kappa shape index (κ1) is 14.2. The van der Waals surface area contributed by atoms with Gasteiger partial charge >= 0.3 is 5.97 Å². The van der Waals surface area contributed by atoms with Crippen LogP contribution in [-0.4, -0.2) is 26.4 Å². The molecule has 108 valence electrons. The molecule has 3 rings (SSSR count). The smallest absolute Gasteiger partial charge is 0.313 e. The number of fused-ring (bicyclic) bond motifs is 1. The van der Waals surface area contributed by atoms with Gasteiger partial charge in [-0.25, -0.2) is 4.98 Å². The minimum Gasteiger partial charge on any atom is -0.481 e. The van der Waals surface area contributed by atoms with E-state index in [1.807, 2.05) is 23.6 Å². The van der Waals surface area contributed by atoms with Crippen molar-refractivity contribution in [2.24, 2.45) is 0 Å². The second-order valence-corrected chi connectivity index (χ2v) is 6.66. The van der Waals surface area contributed by atoms with Crippen LogP contribution in [-0.2, 0) is 11.3 Å². The van der Waals surface area contributed by atoms with Gasteiger partial charge < -0.3 is 9.67 Å². The molecular weight excluding hydrogens is 304 g/mol. The average Bonchev–Trinajstić information content (AvgIpc) is 3.06. The Hall–Kier alpha value is -1.79. The molecule has 0 spiro atoms. The number of benzene rings is 1. The maximum absolute atomic E-state index is 10.8. The predicted octanol–water partition coefficient (Wildman–Crippen LogP) is 3.63. The fourth-order valence-corrected chi connectivity index (χ4v) is 3.71. The largest absolute Gasteiger partial charge is 0.481 e. The molecule has 0 bridgehead atoms. The highest BCUT2D eigenvalue weighted by Gasteiger charge is 2.14. The summed E-state index contributed by atoms with van der Waals surface area (Å²) in [5.41, 5.74) is 3.15. The van der Waals surface area contributed by atoms with Crippen LogP contribution < -0.4 is 0 Å². The zero-order chi connectivity index (χ0) is 14.8. The lowest BCUT2D eigenvalue weighted by Crippen LogP contribution is -2.04. The summed E-state index contributed by atoms with van der Waals surface area (Å²) in [5.74, 6) is -0.807. The number of aryl methyl sites for hydroxylation is 1. The van der Waals surface area contributed by atoms with Crippen molar-refractivity contribution in [1.29, 1.82) is 0 Å². The van der Waals surface area contributed by atoms with E-state index in [2.05, 4.69) is 28.6 Å². The van der Waals surface area contributed by atoms with Crippen LogP contribution >= 0.6 is 23.1 Å². The topological polar surface area (TPSA) is 55.1 Å². The third-order valence-electron chi connectivity index (χ3n) is 3.15. The van der Waals surface area contributed by atoms with E-state index in [9.17, 15) is 4.79 Å². The van der Waals surface area contributed by atoms with E-state index in [1.54, 1.807) is 11.3 Å². The Kier molecular flexibility index (Phi) is 3.98. The molecule has 0 unspecified atom stereocenters. The van der Waals surface area contributed by atoms with E-state index >= 15 is 0 Å². The van der Waals surface area contributed by atoms with Crippen molar-refractivity contribution in [3.8, 4) is 0 Å². The molecule has 1 N–H and O–H groups in total. The van der Waals surface area contributed by atoms with Crippen LogP contribution in [0.1, 0.15) is 10.4 Å². The molecule has 2 heterocycles. The molecule has 2 aromatic heterocycles. The van der Waals surface area contributed by atoms with Gasteiger partial charge in [0.05, 0.1) is 23.3 Å². The van der Waals surface area contributed by atoms with Crippen LogP contribution in [0, 0.1) is 6.92 Å². The highest BCUT2D eigenvalue weighted by atomic mass is 32.2. The lowest BCUT2D eigenvalue weighted by Gasteiger charge is -2.08. The number of thiophene rings is 1. The predicted molar refractivity (Wildman–Crippen MR) is 86.3 cm³/mol. The summed E-state index contributed by atoms with van der Waals surface area (Å²) in [6.45, 7) is 2.78. The van der Waals surface area contributed by atoms with E-state index < -0.39 is 5.97 Å².